The molecule has 5 N–H and O–H groups in total. The second-order valence-electron chi connectivity index (χ2n) is 15.5. The Balaban J connectivity index is 1.57. The standard InChI is InChI=1S/C44H60F2N6O8S/c1-31(35-25-34(45)14-15-36(35)46)26-51(27-33-11-7-6-8-12-33)32(2)42(44(3,4)5)52(20-10-17-47)41(56)30-61-29-37(43(57)58)49-38(53)16-21-59-23-24-60-22-18-48-39(54)28-50-19-9-13-40(50)55/h6-9,11-15,25-26,37,42H,2,10,16-24,27-30,47H2,1,3-5H3,(H,48,54)(H,49,53)(H,57,58)/b31-26+/t37-,42-/m0/s1. The van der Waals surface area contributed by atoms with Gasteiger partial charge in [-0.3, -0.25) is 19.2 Å². The van der Waals surface area contributed by atoms with Crippen LogP contribution in [-0.2, 0) is 40.0 Å². The fourth-order valence-electron chi connectivity index (χ4n) is 6.46. The van der Waals surface area contributed by atoms with Gasteiger partial charge in [-0.15, -0.1) is 11.8 Å². The van der Waals surface area contributed by atoms with Crippen LogP contribution in [0.3, 0.4) is 0 Å². The molecule has 1 aliphatic heterocycles. The molecule has 334 valence electrons. The van der Waals surface area contributed by atoms with Crippen molar-refractivity contribution in [3.8, 4) is 0 Å². The van der Waals surface area contributed by atoms with Crippen molar-refractivity contribution in [2.45, 2.75) is 59.2 Å². The number of amides is 4. The zero-order valence-corrected chi connectivity index (χ0v) is 36.3. The van der Waals surface area contributed by atoms with E-state index in [2.05, 4.69) is 17.2 Å². The smallest absolute Gasteiger partial charge is 0.327 e. The number of rotatable bonds is 27. The van der Waals surface area contributed by atoms with Crippen molar-refractivity contribution in [1.29, 1.82) is 0 Å². The van der Waals surface area contributed by atoms with E-state index in [9.17, 15) is 37.9 Å². The third-order valence-corrected chi connectivity index (χ3v) is 10.4. The Morgan fingerprint density at radius 3 is 2.39 bits per heavy atom. The van der Waals surface area contributed by atoms with E-state index < -0.39 is 41.0 Å². The Bertz CT molecular complexity index is 1860. The molecule has 0 saturated heterocycles. The minimum Gasteiger partial charge on any atom is -0.480 e. The Morgan fingerprint density at radius 1 is 1.05 bits per heavy atom. The van der Waals surface area contributed by atoms with Crippen LogP contribution in [0.1, 0.15) is 51.7 Å². The highest BCUT2D eigenvalue weighted by molar-refractivity contribution is 8.00. The number of carbonyl (C=O) groups is 5. The van der Waals surface area contributed by atoms with Gasteiger partial charge in [0.25, 0.3) is 0 Å². The molecule has 14 nitrogen and oxygen atoms in total. The Kier molecular flexibility index (Phi) is 21.1. The summed E-state index contributed by atoms with van der Waals surface area (Å²) in [6.07, 6.45) is 5.19. The molecule has 2 aromatic carbocycles. The maximum Gasteiger partial charge on any atom is 0.327 e. The minimum atomic E-state index is -1.27. The van der Waals surface area contributed by atoms with Gasteiger partial charge in [-0.2, -0.15) is 0 Å². The first-order chi connectivity index (χ1) is 29.0. The summed E-state index contributed by atoms with van der Waals surface area (Å²) in [4.78, 5) is 67.3. The van der Waals surface area contributed by atoms with Gasteiger partial charge in [0.05, 0.1) is 38.2 Å². The monoisotopic (exact) mass is 870 g/mol. The van der Waals surface area contributed by atoms with E-state index in [1.807, 2.05) is 56.0 Å². The molecule has 0 radical (unpaired) electrons. The number of allylic oxidation sites excluding steroid dienone is 1. The Hall–Kier alpha value is -5.10. The summed E-state index contributed by atoms with van der Waals surface area (Å²) in [7, 11) is 0. The quantitative estimate of drug-likeness (QED) is 0.0946. The molecule has 3 rings (SSSR count). The van der Waals surface area contributed by atoms with E-state index in [0.717, 1.165) is 35.5 Å². The van der Waals surface area contributed by atoms with Crippen LogP contribution >= 0.6 is 11.8 Å². The van der Waals surface area contributed by atoms with Crippen LogP contribution < -0.4 is 16.4 Å². The van der Waals surface area contributed by atoms with Crippen LogP contribution in [-0.4, -0.2) is 132 Å². The number of nitrogens with zero attached hydrogens (tertiary/aromatic N) is 3. The highest BCUT2D eigenvalue weighted by atomic mass is 32.2. The Morgan fingerprint density at radius 2 is 1.75 bits per heavy atom. The maximum absolute atomic E-state index is 14.9. The van der Waals surface area contributed by atoms with E-state index in [4.69, 9.17) is 15.2 Å². The molecule has 0 aliphatic carbocycles. The first-order valence-electron chi connectivity index (χ1n) is 20.1. The van der Waals surface area contributed by atoms with Crippen molar-refractivity contribution in [3.63, 3.8) is 0 Å². The third kappa shape index (κ3) is 17.4. The number of carbonyl (C=O) groups excluding carboxylic acids is 4. The SMILES string of the molecule is C=C([C@H](N(CCCN)C(=O)CSC[C@H](NC(=O)CCOCCOCCNC(=O)CN1CC=CC1=O)C(=O)O)C(C)(C)C)N(/C=C(\C)c1cc(F)ccc1F)Cc1ccccc1. The summed E-state index contributed by atoms with van der Waals surface area (Å²) in [6, 6.07) is 10.9. The average molecular weight is 871 g/mol. The topological polar surface area (TPSA) is 184 Å². The van der Waals surface area contributed by atoms with E-state index in [-0.39, 0.29) is 87.3 Å². The maximum atomic E-state index is 14.9. The highest BCUT2D eigenvalue weighted by Crippen LogP contribution is 2.34. The van der Waals surface area contributed by atoms with Crippen LogP contribution in [0.5, 0.6) is 0 Å². The van der Waals surface area contributed by atoms with E-state index in [1.54, 1.807) is 24.1 Å². The number of nitrogens with one attached hydrogen (secondary N) is 2. The Labute approximate surface area is 361 Å². The first kappa shape index (κ1) is 50.3. The zero-order valence-electron chi connectivity index (χ0n) is 35.5. The molecule has 0 saturated carbocycles. The van der Waals surface area contributed by atoms with Gasteiger partial charge in [0.15, 0.2) is 0 Å². The zero-order chi connectivity index (χ0) is 45.0. The van der Waals surface area contributed by atoms with Crippen LogP contribution in [0.15, 0.2) is 79.2 Å². The molecule has 61 heavy (non-hydrogen) atoms. The van der Waals surface area contributed by atoms with Gasteiger partial charge in [0.2, 0.25) is 23.6 Å². The predicted octanol–water partition coefficient (Wildman–Crippen LogP) is 4.17. The number of ether oxygens (including phenoxy) is 2. The van der Waals surface area contributed by atoms with E-state index in [0.29, 0.717) is 37.3 Å². The third-order valence-electron chi connectivity index (χ3n) is 9.43. The number of nitrogens with two attached hydrogens (primary N) is 1. The first-order valence-corrected chi connectivity index (χ1v) is 21.3. The van der Waals surface area contributed by atoms with Gasteiger partial charge in [-0.1, -0.05) is 63.8 Å². The summed E-state index contributed by atoms with van der Waals surface area (Å²) < 4.78 is 40.0. The summed E-state index contributed by atoms with van der Waals surface area (Å²) in [5, 5.41) is 15.0. The van der Waals surface area contributed by atoms with Crippen molar-refractivity contribution < 1.29 is 47.3 Å². The van der Waals surface area contributed by atoms with Crippen molar-refractivity contribution >= 4 is 46.9 Å². The van der Waals surface area contributed by atoms with Crippen LogP contribution in [0, 0.1) is 17.0 Å². The lowest BCUT2D eigenvalue weighted by Gasteiger charge is -2.44. The molecule has 2 atom stereocenters. The van der Waals surface area contributed by atoms with E-state index >= 15 is 0 Å². The van der Waals surface area contributed by atoms with Crippen LogP contribution in [0.4, 0.5) is 8.78 Å². The lowest BCUT2D eigenvalue weighted by atomic mass is 9.83. The molecular weight excluding hydrogens is 811 g/mol. The number of halogens is 2. The number of hydrogen-bond donors (Lipinski definition) is 4. The molecular formula is C44H60F2N6O8S. The molecule has 1 heterocycles. The molecule has 1 aliphatic rings. The van der Waals surface area contributed by atoms with Crippen molar-refractivity contribution in [1.82, 2.24) is 25.3 Å². The molecule has 2 aromatic rings. The summed E-state index contributed by atoms with van der Waals surface area (Å²) >= 11 is 1.07. The van der Waals surface area contributed by atoms with E-state index in [1.165, 1.54) is 11.0 Å². The van der Waals surface area contributed by atoms with Gasteiger partial charge >= 0.3 is 5.97 Å². The highest BCUT2D eigenvalue weighted by Gasteiger charge is 2.37. The fraction of sp³-hybridized carbons (Fsp3) is 0.477. The summed E-state index contributed by atoms with van der Waals surface area (Å²) in [5.74, 6) is -3.94. The van der Waals surface area contributed by atoms with Crippen molar-refractivity contribution in [3.05, 3.63) is 102 Å². The van der Waals surface area contributed by atoms with Gasteiger partial charge in [-0.05, 0) is 54.6 Å². The molecule has 0 spiro atoms. The molecule has 4 amide bonds. The molecule has 0 fully saturated rings. The van der Waals surface area contributed by atoms with Gasteiger partial charge in [0.1, 0.15) is 24.2 Å². The molecule has 0 unspecified atom stereocenters. The van der Waals surface area contributed by atoms with Crippen LogP contribution in [0.25, 0.3) is 5.57 Å². The number of benzene rings is 2. The lowest BCUT2D eigenvalue weighted by molar-refractivity contribution is -0.141. The minimum absolute atomic E-state index is 0.0170. The second-order valence-corrected chi connectivity index (χ2v) is 16.5. The molecule has 0 aromatic heterocycles. The molecule has 17 heteroatoms. The predicted molar refractivity (Wildman–Crippen MR) is 232 cm³/mol. The average Bonchev–Trinajstić information content (AvgIpc) is 3.61. The fourth-order valence-corrected chi connectivity index (χ4v) is 7.38. The largest absolute Gasteiger partial charge is 0.480 e. The lowest BCUT2D eigenvalue weighted by Crippen LogP contribution is -2.52. The van der Waals surface area contributed by atoms with Crippen molar-refractivity contribution in [2.75, 3.05) is 70.7 Å². The number of carboxylic acids is 1. The second kappa shape index (κ2) is 25.6. The van der Waals surface area contributed by atoms with Gasteiger partial charge in [-0.25, -0.2) is 13.6 Å². The number of thioether (sulfide) groups is 1. The van der Waals surface area contributed by atoms with Crippen LogP contribution in [0.2, 0.25) is 0 Å². The normalized spacial score (nSPS) is 13.8. The van der Waals surface area contributed by atoms with Crippen molar-refractivity contribution in [2.24, 2.45) is 11.1 Å². The number of aliphatic carboxylic acids is 1. The summed E-state index contributed by atoms with van der Waals surface area (Å²) in [5.41, 5.74) is 7.32. The number of hydrogen-bond acceptors (Lipinski definition) is 10. The van der Waals surface area contributed by atoms with Gasteiger partial charge < -0.3 is 45.6 Å². The number of carboxylic acid groups (broad SMARTS) is 1. The molecule has 0 bridgehead atoms. The summed E-state index contributed by atoms with van der Waals surface area (Å²) in [6.45, 7) is 14.2. The van der Waals surface area contributed by atoms with Gasteiger partial charge in [0, 0.05) is 61.9 Å².